The predicted octanol–water partition coefficient (Wildman–Crippen LogP) is 0.291. The van der Waals surface area contributed by atoms with Gasteiger partial charge in [0, 0.05) is 25.5 Å². The minimum Gasteiger partial charge on any atom is -0.290 e. The van der Waals surface area contributed by atoms with Gasteiger partial charge in [-0.25, -0.2) is 24.2 Å². The van der Waals surface area contributed by atoms with Gasteiger partial charge in [0.15, 0.2) is 0 Å². The van der Waals surface area contributed by atoms with E-state index in [-0.39, 0.29) is 10.6 Å². The first-order valence-electron chi connectivity index (χ1n) is 7.93. The molecule has 0 aliphatic carbocycles. The van der Waals surface area contributed by atoms with Crippen LogP contribution in [0.15, 0.2) is 35.7 Å². The number of aromatic nitrogens is 3. The molecule has 1 atom stereocenters. The number of hydrazine groups is 1. The fourth-order valence-corrected chi connectivity index (χ4v) is 4.38. The zero-order chi connectivity index (χ0) is 18.0. The summed E-state index contributed by atoms with van der Waals surface area (Å²) in [4.78, 5) is 19.7. The lowest BCUT2D eigenvalue weighted by atomic mass is 10.0. The van der Waals surface area contributed by atoms with E-state index in [0.717, 1.165) is 12.8 Å². The Bertz CT molecular complexity index is 862. The van der Waals surface area contributed by atoms with Crippen LogP contribution in [0.2, 0.25) is 0 Å². The van der Waals surface area contributed by atoms with Crippen LogP contribution < -0.4 is 11.3 Å². The number of imidazole rings is 1. The summed E-state index contributed by atoms with van der Waals surface area (Å²) in [7, 11) is -3.54. The van der Waals surface area contributed by atoms with Gasteiger partial charge in [-0.3, -0.25) is 14.8 Å². The van der Waals surface area contributed by atoms with Gasteiger partial charge < -0.3 is 0 Å². The SMILES string of the molecule is C[C@@H]1CCCN(S(=O)(=O)c2ccc(-n3cnc(C(=O)NN)c3)nc2)C1. The molecule has 3 N–H and O–H groups in total. The van der Waals surface area contributed by atoms with Crippen LogP contribution in [-0.4, -0.2) is 46.3 Å². The second kappa shape index (κ2) is 6.90. The van der Waals surface area contributed by atoms with E-state index < -0.39 is 15.9 Å². The quantitative estimate of drug-likeness (QED) is 0.457. The smallest absolute Gasteiger partial charge is 0.285 e. The lowest BCUT2D eigenvalue weighted by Gasteiger charge is -2.29. The summed E-state index contributed by atoms with van der Waals surface area (Å²) in [6, 6.07) is 3.09. The molecule has 25 heavy (non-hydrogen) atoms. The van der Waals surface area contributed by atoms with Crippen LogP contribution in [0.4, 0.5) is 0 Å². The first-order chi connectivity index (χ1) is 11.9. The van der Waals surface area contributed by atoms with Crippen molar-refractivity contribution in [2.45, 2.75) is 24.7 Å². The van der Waals surface area contributed by atoms with Crippen molar-refractivity contribution in [2.75, 3.05) is 13.1 Å². The molecule has 3 heterocycles. The molecule has 0 unspecified atom stereocenters. The van der Waals surface area contributed by atoms with Gasteiger partial charge >= 0.3 is 0 Å². The van der Waals surface area contributed by atoms with Crippen LogP contribution in [0.1, 0.15) is 30.3 Å². The normalized spacial score (nSPS) is 18.9. The van der Waals surface area contributed by atoms with Gasteiger partial charge in [0.2, 0.25) is 10.0 Å². The Balaban J connectivity index is 1.82. The standard InChI is InChI=1S/C15H20N6O3S/c1-11-3-2-6-21(8-11)25(23,24)12-4-5-14(17-7-12)20-9-13(18-10-20)15(22)19-16/h4-5,7,9-11H,2-3,6,8,16H2,1H3,(H,19,22)/t11-/m1/s1. The molecule has 1 aliphatic heterocycles. The van der Waals surface area contributed by atoms with E-state index in [1.54, 1.807) is 6.07 Å². The van der Waals surface area contributed by atoms with E-state index in [4.69, 9.17) is 5.84 Å². The number of nitrogen functional groups attached to an aromatic ring is 1. The van der Waals surface area contributed by atoms with Crippen LogP contribution in [0.3, 0.4) is 0 Å². The van der Waals surface area contributed by atoms with Gasteiger partial charge in [0.1, 0.15) is 22.7 Å². The Morgan fingerprint density at radius 3 is 2.80 bits per heavy atom. The number of nitrogens with two attached hydrogens (primary N) is 1. The molecule has 0 saturated carbocycles. The summed E-state index contributed by atoms with van der Waals surface area (Å²) < 4.78 is 28.5. The molecule has 0 spiro atoms. The summed E-state index contributed by atoms with van der Waals surface area (Å²) in [5, 5.41) is 0. The van der Waals surface area contributed by atoms with E-state index in [9.17, 15) is 13.2 Å². The number of amides is 1. The number of nitrogens with zero attached hydrogens (tertiary/aromatic N) is 4. The van der Waals surface area contributed by atoms with Crippen LogP contribution in [-0.2, 0) is 10.0 Å². The van der Waals surface area contributed by atoms with E-state index >= 15 is 0 Å². The van der Waals surface area contributed by atoms with E-state index in [0.29, 0.717) is 24.8 Å². The maximum Gasteiger partial charge on any atom is 0.285 e. The third kappa shape index (κ3) is 3.55. The molecule has 1 aliphatic rings. The third-order valence-electron chi connectivity index (χ3n) is 4.19. The Morgan fingerprint density at radius 2 is 2.16 bits per heavy atom. The topological polar surface area (TPSA) is 123 Å². The van der Waals surface area contributed by atoms with Gasteiger partial charge in [0.25, 0.3) is 5.91 Å². The van der Waals surface area contributed by atoms with Crippen LogP contribution in [0.5, 0.6) is 0 Å². The second-order valence-corrected chi connectivity index (χ2v) is 8.04. The van der Waals surface area contributed by atoms with Crippen LogP contribution >= 0.6 is 0 Å². The minimum atomic E-state index is -3.54. The summed E-state index contributed by atoms with van der Waals surface area (Å²) in [5.41, 5.74) is 2.14. The van der Waals surface area contributed by atoms with E-state index in [2.05, 4.69) is 16.9 Å². The number of carbonyl (C=O) groups is 1. The van der Waals surface area contributed by atoms with Crippen molar-refractivity contribution in [1.82, 2.24) is 24.3 Å². The van der Waals surface area contributed by atoms with E-state index in [1.807, 2.05) is 5.43 Å². The third-order valence-corrected chi connectivity index (χ3v) is 6.04. The second-order valence-electron chi connectivity index (χ2n) is 6.10. The Labute approximate surface area is 145 Å². The molecule has 0 radical (unpaired) electrons. The summed E-state index contributed by atoms with van der Waals surface area (Å²) >= 11 is 0. The molecule has 2 aromatic heterocycles. The van der Waals surface area contributed by atoms with Crippen molar-refractivity contribution in [3.05, 3.63) is 36.5 Å². The minimum absolute atomic E-state index is 0.142. The molecule has 1 amide bonds. The number of nitrogens with one attached hydrogen (secondary N) is 1. The first-order valence-corrected chi connectivity index (χ1v) is 9.37. The number of hydrogen-bond donors (Lipinski definition) is 2. The number of sulfonamides is 1. The summed E-state index contributed by atoms with van der Waals surface area (Å²) in [5.74, 6) is 5.36. The number of carbonyl (C=O) groups excluding carboxylic acids is 1. The van der Waals surface area contributed by atoms with Gasteiger partial charge in [-0.1, -0.05) is 6.92 Å². The van der Waals surface area contributed by atoms with Crippen molar-refractivity contribution in [2.24, 2.45) is 11.8 Å². The molecule has 1 fully saturated rings. The zero-order valence-electron chi connectivity index (χ0n) is 13.8. The molecule has 1 saturated heterocycles. The number of hydrogen-bond acceptors (Lipinski definition) is 6. The van der Waals surface area contributed by atoms with Crippen molar-refractivity contribution >= 4 is 15.9 Å². The van der Waals surface area contributed by atoms with Gasteiger partial charge in [0.05, 0.1) is 0 Å². The highest BCUT2D eigenvalue weighted by Crippen LogP contribution is 2.23. The number of pyridine rings is 1. The van der Waals surface area contributed by atoms with Crippen LogP contribution in [0, 0.1) is 5.92 Å². The molecule has 0 bridgehead atoms. The predicted molar refractivity (Wildman–Crippen MR) is 90.2 cm³/mol. The maximum atomic E-state index is 12.7. The van der Waals surface area contributed by atoms with Gasteiger partial charge in [-0.15, -0.1) is 0 Å². The molecular formula is C15H20N6O3S. The lowest BCUT2D eigenvalue weighted by Crippen LogP contribution is -2.39. The van der Waals surface area contributed by atoms with Crippen molar-refractivity contribution in [3.63, 3.8) is 0 Å². The molecule has 0 aromatic carbocycles. The Hall–Kier alpha value is -2.30. The summed E-state index contributed by atoms with van der Waals surface area (Å²) in [6.07, 6.45) is 6.11. The fourth-order valence-electron chi connectivity index (χ4n) is 2.83. The molecule has 134 valence electrons. The fraction of sp³-hybridized carbons (Fsp3) is 0.400. The van der Waals surface area contributed by atoms with Crippen molar-refractivity contribution < 1.29 is 13.2 Å². The average molecular weight is 364 g/mol. The molecule has 9 nitrogen and oxygen atoms in total. The number of rotatable bonds is 4. The molecular weight excluding hydrogens is 344 g/mol. The lowest BCUT2D eigenvalue weighted by molar-refractivity contribution is 0.0949. The molecule has 2 aromatic rings. The van der Waals surface area contributed by atoms with Gasteiger partial charge in [-0.2, -0.15) is 4.31 Å². The zero-order valence-corrected chi connectivity index (χ0v) is 14.6. The summed E-state index contributed by atoms with van der Waals surface area (Å²) in [6.45, 7) is 3.12. The first kappa shape index (κ1) is 17.5. The largest absolute Gasteiger partial charge is 0.290 e. The maximum absolute atomic E-state index is 12.7. The highest BCUT2D eigenvalue weighted by molar-refractivity contribution is 7.89. The molecule has 3 rings (SSSR count). The Kier molecular flexibility index (Phi) is 4.84. The van der Waals surface area contributed by atoms with Crippen molar-refractivity contribution in [1.29, 1.82) is 0 Å². The van der Waals surface area contributed by atoms with Gasteiger partial charge in [-0.05, 0) is 30.9 Å². The molecule has 10 heteroatoms. The highest BCUT2D eigenvalue weighted by Gasteiger charge is 2.28. The Morgan fingerprint density at radius 1 is 1.36 bits per heavy atom. The number of piperidine rings is 1. The monoisotopic (exact) mass is 364 g/mol. The highest BCUT2D eigenvalue weighted by atomic mass is 32.2. The van der Waals surface area contributed by atoms with Crippen LogP contribution in [0.25, 0.3) is 5.82 Å². The van der Waals surface area contributed by atoms with E-state index in [1.165, 1.54) is 33.7 Å². The van der Waals surface area contributed by atoms with Crippen molar-refractivity contribution in [3.8, 4) is 5.82 Å². The average Bonchev–Trinajstić information content (AvgIpc) is 3.11.